The average Bonchev–Trinajstić information content (AvgIpc) is 2.29. The number of amides is 1. The fourth-order valence-electron chi connectivity index (χ4n) is 1.36. The van der Waals surface area contributed by atoms with Gasteiger partial charge in [0, 0.05) is 18.5 Å². The molecule has 0 bridgehead atoms. The van der Waals surface area contributed by atoms with Crippen LogP contribution in [0.1, 0.15) is 22.3 Å². The highest BCUT2D eigenvalue weighted by Crippen LogP contribution is 2.18. The Balaban J connectivity index is 2.66. The SMILES string of the molecule is COc1cc(C(=O)NCCC(N)=S)ccc1C. The largest absolute Gasteiger partial charge is 0.496 e. The molecule has 0 aliphatic carbocycles. The van der Waals surface area contributed by atoms with Crippen molar-refractivity contribution in [2.24, 2.45) is 5.73 Å². The molecule has 1 aromatic carbocycles. The van der Waals surface area contributed by atoms with Crippen molar-refractivity contribution in [1.82, 2.24) is 5.32 Å². The molecular weight excluding hydrogens is 236 g/mol. The number of nitrogens with two attached hydrogens (primary N) is 1. The van der Waals surface area contributed by atoms with Gasteiger partial charge in [0.1, 0.15) is 5.75 Å². The van der Waals surface area contributed by atoms with Gasteiger partial charge in [-0.1, -0.05) is 18.3 Å². The predicted octanol–water partition coefficient (Wildman–Crippen LogP) is 1.41. The van der Waals surface area contributed by atoms with E-state index in [1.807, 2.05) is 13.0 Å². The normalized spacial score (nSPS) is 9.76. The maximum Gasteiger partial charge on any atom is 0.251 e. The summed E-state index contributed by atoms with van der Waals surface area (Å²) >= 11 is 4.73. The summed E-state index contributed by atoms with van der Waals surface area (Å²) in [5, 5.41) is 2.74. The van der Waals surface area contributed by atoms with Gasteiger partial charge in [-0.05, 0) is 24.6 Å². The number of aryl methyl sites for hydroxylation is 1. The highest BCUT2D eigenvalue weighted by Gasteiger charge is 2.07. The fraction of sp³-hybridized carbons (Fsp3) is 0.333. The van der Waals surface area contributed by atoms with Crippen LogP contribution in [0.2, 0.25) is 0 Å². The number of methoxy groups -OCH3 is 1. The van der Waals surface area contributed by atoms with E-state index >= 15 is 0 Å². The van der Waals surface area contributed by atoms with Gasteiger partial charge >= 0.3 is 0 Å². The first-order valence-corrected chi connectivity index (χ1v) is 5.66. The second-order valence-electron chi connectivity index (χ2n) is 3.66. The maximum atomic E-state index is 11.8. The van der Waals surface area contributed by atoms with Crippen LogP contribution in [-0.4, -0.2) is 24.6 Å². The lowest BCUT2D eigenvalue weighted by atomic mass is 10.1. The van der Waals surface area contributed by atoms with E-state index in [4.69, 9.17) is 22.7 Å². The molecule has 0 spiro atoms. The molecule has 0 aromatic heterocycles. The standard InChI is InChI=1S/C12H16N2O2S/c1-8-3-4-9(7-10(8)16-2)12(15)14-6-5-11(13)17/h3-4,7H,5-6H2,1-2H3,(H2,13,17)(H,14,15). The first-order valence-electron chi connectivity index (χ1n) is 5.25. The van der Waals surface area contributed by atoms with Crippen LogP contribution in [0.3, 0.4) is 0 Å². The zero-order valence-corrected chi connectivity index (χ0v) is 10.8. The molecule has 92 valence electrons. The van der Waals surface area contributed by atoms with Crippen molar-refractivity contribution in [3.05, 3.63) is 29.3 Å². The molecule has 3 N–H and O–H groups in total. The van der Waals surface area contributed by atoms with Crippen molar-refractivity contribution in [2.75, 3.05) is 13.7 Å². The predicted molar refractivity (Wildman–Crippen MR) is 71.5 cm³/mol. The van der Waals surface area contributed by atoms with Crippen molar-refractivity contribution in [3.8, 4) is 5.75 Å². The Bertz CT molecular complexity index is 433. The molecule has 0 saturated carbocycles. The van der Waals surface area contributed by atoms with Crippen molar-refractivity contribution >= 4 is 23.1 Å². The maximum absolute atomic E-state index is 11.8. The van der Waals surface area contributed by atoms with E-state index in [0.717, 1.165) is 5.56 Å². The minimum atomic E-state index is -0.153. The van der Waals surface area contributed by atoms with Gasteiger partial charge in [0.15, 0.2) is 0 Å². The molecular formula is C12H16N2O2S. The molecule has 0 atom stereocenters. The summed E-state index contributed by atoms with van der Waals surface area (Å²) in [4.78, 5) is 12.2. The Kier molecular flexibility index (Phi) is 4.90. The summed E-state index contributed by atoms with van der Waals surface area (Å²) in [6.07, 6.45) is 0.504. The quantitative estimate of drug-likeness (QED) is 0.778. The van der Waals surface area contributed by atoms with Crippen molar-refractivity contribution in [3.63, 3.8) is 0 Å². The summed E-state index contributed by atoms with van der Waals surface area (Å²) in [7, 11) is 1.58. The Morgan fingerprint density at radius 3 is 2.82 bits per heavy atom. The average molecular weight is 252 g/mol. The Labute approximate surface area is 106 Å². The molecule has 1 rings (SSSR count). The number of hydrogen-bond donors (Lipinski definition) is 2. The summed E-state index contributed by atoms with van der Waals surface area (Å²) in [5.41, 5.74) is 6.90. The summed E-state index contributed by atoms with van der Waals surface area (Å²) in [6, 6.07) is 5.32. The fourth-order valence-corrected chi connectivity index (χ4v) is 1.46. The lowest BCUT2D eigenvalue weighted by Gasteiger charge is -2.08. The number of nitrogens with one attached hydrogen (secondary N) is 1. The lowest BCUT2D eigenvalue weighted by molar-refractivity contribution is 0.0954. The molecule has 0 aliphatic heterocycles. The molecule has 4 nitrogen and oxygen atoms in total. The van der Waals surface area contributed by atoms with E-state index in [1.165, 1.54) is 0 Å². The molecule has 0 aliphatic rings. The minimum Gasteiger partial charge on any atom is -0.496 e. The van der Waals surface area contributed by atoms with Crippen LogP contribution in [0, 0.1) is 6.92 Å². The number of carbonyl (C=O) groups excluding carboxylic acids is 1. The van der Waals surface area contributed by atoms with Gasteiger partial charge < -0.3 is 15.8 Å². The van der Waals surface area contributed by atoms with E-state index in [-0.39, 0.29) is 5.91 Å². The molecule has 0 radical (unpaired) electrons. The number of benzene rings is 1. The van der Waals surface area contributed by atoms with Crippen molar-refractivity contribution in [2.45, 2.75) is 13.3 Å². The monoisotopic (exact) mass is 252 g/mol. The third-order valence-electron chi connectivity index (χ3n) is 2.33. The van der Waals surface area contributed by atoms with Gasteiger partial charge in [0.25, 0.3) is 5.91 Å². The summed E-state index contributed by atoms with van der Waals surface area (Å²) in [5.74, 6) is 0.548. The topological polar surface area (TPSA) is 64.3 Å². The van der Waals surface area contributed by atoms with E-state index in [1.54, 1.807) is 19.2 Å². The lowest BCUT2D eigenvalue weighted by Crippen LogP contribution is -2.27. The molecule has 1 amide bonds. The van der Waals surface area contributed by atoms with Crippen LogP contribution >= 0.6 is 12.2 Å². The van der Waals surface area contributed by atoms with Crippen LogP contribution in [-0.2, 0) is 0 Å². The van der Waals surface area contributed by atoms with Crippen LogP contribution in [0.5, 0.6) is 5.75 Å². The highest BCUT2D eigenvalue weighted by molar-refractivity contribution is 7.80. The van der Waals surface area contributed by atoms with Crippen LogP contribution in [0.25, 0.3) is 0 Å². The Morgan fingerprint density at radius 2 is 2.24 bits per heavy atom. The van der Waals surface area contributed by atoms with Gasteiger partial charge in [-0.3, -0.25) is 4.79 Å². The number of thiocarbonyl (C=S) groups is 1. The van der Waals surface area contributed by atoms with E-state index in [2.05, 4.69) is 5.32 Å². The zero-order valence-electron chi connectivity index (χ0n) is 9.95. The van der Waals surface area contributed by atoms with Crippen molar-refractivity contribution < 1.29 is 9.53 Å². The number of rotatable bonds is 5. The number of hydrogen-bond acceptors (Lipinski definition) is 3. The Hall–Kier alpha value is -1.62. The number of ether oxygens (including phenoxy) is 1. The molecule has 0 heterocycles. The van der Waals surface area contributed by atoms with Crippen LogP contribution in [0.15, 0.2) is 18.2 Å². The minimum absolute atomic E-state index is 0.153. The van der Waals surface area contributed by atoms with E-state index in [9.17, 15) is 4.79 Å². The first-order chi connectivity index (χ1) is 8.04. The molecule has 0 fully saturated rings. The third kappa shape index (κ3) is 4.03. The second-order valence-corrected chi connectivity index (χ2v) is 4.18. The molecule has 0 unspecified atom stereocenters. The molecule has 17 heavy (non-hydrogen) atoms. The summed E-state index contributed by atoms with van der Waals surface area (Å²) in [6.45, 7) is 2.37. The first kappa shape index (κ1) is 13.4. The second kappa shape index (κ2) is 6.20. The van der Waals surface area contributed by atoms with E-state index < -0.39 is 0 Å². The molecule has 0 saturated heterocycles. The molecule has 5 heteroatoms. The zero-order chi connectivity index (χ0) is 12.8. The van der Waals surface area contributed by atoms with E-state index in [0.29, 0.717) is 29.3 Å². The number of carbonyl (C=O) groups is 1. The molecule has 1 aromatic rings. The van der Waals surface area contributed by atoms with Crippen LogP contribution < -0.4 is 15.8 Å². The smallest absolute Gasteiger partial charge is 0.251 e. The third-order valence-corrected chi connectivity index (χ3v) is 2.53. The van der Waals surface area contributed by atoms with Gasteiger partial charge in [-0.25, -0.2) is 0 Å². The summed E-state index contributed by atoms with van der Waals surface area (Å²) < 4.78 is 5.16. The van der Waals surface area contributed by atoms with Crippen LogP contribution in [0.4, 0.5) is 0 Å². The van der Waals surface area contributed by atoms with Gasteiger partial charge in [-0.2, -0.15) is 0 Å². The highest BCUT2D eigenvalue weighted by atomic mass is 32.1. The Morgan fingerprint density at radius 1 is 1.53 bits per heavy atom. The van der Waals surface area contributed by atoms with Crippen molar-refractivity contribution in [1.29, 1.82) is 0 Å². The van der Waals surface area contributed by atoms with Gasteiger partial charge in [0.05, 0.1) is 12.1 Å². The van der Waals surface area contributed by atoms with Gasteiger partial charge in [0.2, 0.25) is 0 Å². The van der Waals surface area contributed by atoms with Gasteiger partial charge in [-0.15, -0.1) is 0 Å².